The molecule has 1 aromatic heterocycles. The molecule has 0 saturated heterocycles. The fraction of sp³-hybridized carbons (Fsp3) is 0.333. The Morgan fingerprint density at radius 2 is 1.88 bits per heavy atom. The number of aromatic nitrogens is 1. The molecule has 2 aliphatic heterocycles. The van der Waals surface area contributed by atoms with Crippen molar-refractivity contribution in [2.45, 2.75) is 41.9 Å². The van der Waals surface area contributed by atoms with Crippen LogP contribution in [0.4, 0.5) is 8.78 Å². The Morgan fingerprint density at radius 3 is 2.59 bits per heavy atom. The van der Waals surface area contributed by atoms with Gasteiger partial charge in [-0.1, -0.05) is 18.2 Å². The van der Waals surface area contributed by atoms with Gasteiger partial charge in [0.25, 0.3) is 5.91 Å². The number of amides is 1. The van der Waals surface area contributed by atoms with E-state index in [0.29, 0.717) is 11.5 Å². The van der Waals surface area contributed by atoms with Crippen molar-refractivity contribution in [2.24, 2.45) is 5.92 Å². The summed E-state index contributed by atoms with van der Waals surface area (Å²) >= 11 is 1.39. The maximum Gasteiger partial charge on any atom is 0.472 e. The zero-order chi connectivity index (χ0) is 28.7. The van der Waals surface area contributed by atoms with E-state index in [4.69, 9.17) is 14.5 Å². The van der Waals surface area contributed by atoms with Crippen molar-refractivity contribution < 1.29 is 37.2 Å². The predicted molar refractivity (Wildman–Crippen MR) is 144 cm³/mol. The highest BCUT2D eigenvalue weighted by Gasteiger charge is 2.62. The van der Waals surface area contributed by atoms with Crippen LogP contribution in [0, 0.1) is 17.6 Å². The van der Waals surface area contributed by atoms with Crippen molar-refractivity contribution in [3.05, 3.63) is 80.6 Å². The Hall–Kier alpha value is -3.22. The largest absolute Gasteiger partial charge is 0.472 e. The van der Waals surface area contributed by atoms with E-state index in [-0.39, 0.29) is 46.9 Å². The lowest BCUT2D eigenvalue weighted by Gasteiger charge is -2.66. The highest BCUT2D eigenvalue weighted by atomic mass is 32.2. The summed E-state index contributed by atoms with van der Waals surface area (Å²) in [6, 6.07) is 9.73. The number of fused-ring (bicyclic) bond motifs is 3. The molecule has 0 unspecified atom stereocenters. The van der Waals surface area contributed by atoms with E-state index in [1.54, 1.807) is 4.90 Å². The molecule has 0 spiro atoms. The number of pyridine rings is 1. The zero-order valence-corrected chi connectivity index (χ0v) is 23.1. The third kappa shape index (κ3) is 4.29. The standard InChI is InChI=1S/C27H24F2N3O7PS/c28-19-6-17(16-5-15-3-1-2-4-22(15)41-11-18(16)23(19)29)20-7-21(33)25(38-13-39-40(35,36)37)24-26(34)31(12-30-32(20)24)27-8-14(9-27)10-27/h1-4,6-7,14,30H,5,8-13H2,(H2,35,36,37). The van der Waals surface area contributed by atoms with Gasteiger partial charge in [0.15, 0.2) is 17.3 Å². The van der Waals surface area contributed by atoms with Crippen LogP contribution in [0.2, 0.25) is 0 Å². The fourth-order valence-electron chi connectivity index (χ4n) is 6.36. The first-order valence-corrected chi connectivity index (χ1v) is 15.5. The molecule has 8 rings (SSSR count). The molecule has 5 aliphatic rings. The van der Waals surface area contributed by atoms with Crippen LogP contribution >= 0.6 is 19.6 Å². The molecule has 41 heavy (non-hydrogen) atoms. The molecule has 2 bridgehead atoms. The highest BCUT2D eigenvalue weighted by molar-refractivity contribution is 7.98. The number of phosphoric ester groups is 1. The predicted octanol–water partition coefficient (Wildman–Crippen LogP) is 3.94. The summed E-state index contributed by atoms with van der Waals surface area (Å²) in [5, 5.41) is 0. The number of phosphoric acid groups is 1. The van der Waals surface area contributed by atoms with Gasteiger partial charge in [0.2, 0.25) is 18.0 Å². The molecule has 10 nitrogen and oxygen atoms in total. The molecule has 0 radical (unpaired) electrons. The maximum atomic E-state index is 15.2. The molecule has 1 amide bonds. The van der Waals surface area contributed by atoms with E-state index >= 15 is 8.78 Å². The molecule has 214 valence electrons. The van der Waals surface area contributed by atoms with E-state index < -0.39 is 43.3 Å². The van der Waals surface area contributed by atoms with Crippen LogP contribution in [0.3, 0.4) is 0 Å². The van der Waals surface area contributed by atoms with Gasteiger partial charge < -0.3 is 24.8 Å². The molecule has 3 saturated carbocycles. The normalized spacial score (nSPS) is 22.4. The first-order chi connectivity index (χ1) is 19.5. The van der Waals surface area contributed by atoms with Gasteiger partial charge in [0.1, 0.15) is 6.67 Å². The van der Waals surface area contributed by atoms with Gasteiger partial charge in [0.05, 0.1) is 5.69 Å². The van der Waals surface area contributed by atoms with Gasteiger partial charge in [-0.05, 0) is 54.9 Å². The van der Waals surface area contributed by atoms with E-state index in [0.717, 1.165) is 41.9 Å². The lowest BCUT2D eigenvalue weighted by molar-refractivity contribution is -0.124. The molecular weight excluding hydrogens is 579 g/mol. The van der Waals surface area contributed by atoms with Gasteiger partial charge in [-0.2, -0.15) is 0 Å². The molecule has 2 aromatic carbocycles. The smallest absolute Gasteiger partial charge is 0.460 e. The van der Waals surface area contributed by atoms with Crippen LogP contribution in [0.1, 0.15) is 46.4 Å². The highest BCUT2D eigenvalue weighted by Crippen LogP contribution is 2.61. The minimum Gasteiger partial charge on any atom is -0.460 e. The Balaban J connectivity index is 1.40. The Kier molecular flexibility index (Phi) is 6.11. The Morgan fingerprint density at radius 1 is 1.12 bits per heavy atom. The molecule has 3 aliphatic carbocycles. The maximum absolute atomic E-state index is 15.2. The van der Waals surface area contributed by atoms with Crippen LogP contribution in [0.25, 0.3) is 11.3 Å². The quantitative estimate of drug-likeness (QED) is 0.283. The molecule has 3 heterocycles. The Bertz CT molecular complexity index is 1730. The minimum absolute atomic E-state index is 0.109. The van der Waals surface area contributed by atoms with Crippen LogP contribution in [-0.2, 0) is 21.3 Å². The van der Waals surface area contributed by atoms with Crippen molar-refractivity contribution in [3.8, 4) is 17.0 Å². The topological polar surface area (TPSA) is 130 Å². The number of nitrogens with one attached hydrogen (secondary N) is 1. The van der Waals surface area contributed by atoms with Crippen molar-refractivity contribution in [1.82, 2.24) is 9.58 Å². The third-order valence-electron chi connectivity index (χ3n) is 8.43. The van der Waals surface area contributed by atoms with Crippen LogP contribution in [-0.4, -0.2) is 44.3 Å². The second kappa shape index (κ2) is 9.40. The average molecular weight is 604 g/mol. The lowest BCUT2D eigenvalue weighted by atomic mass is 9.49. The number of nitrogens with zero attached hydrogens (tertiary/aromatic N) is 2. The summed E-state index contributed by atoms with van der Waals surface area (Å²) < 4.78 is 52.5. The van der Waals surface area contributed by atoms with Gasteiger partial charge >= 0.3 is 7.82 Å². The van der Waals surface area contributed by atoms with Gasteiger partial charge in [0, 0.05) is 33.4 Å². The van der Waals surface area contributed by atoms with Gasteiger partial charge in [-0.25, -0.2) is 22.5 Å². The lowest BCUT2D eigenvalue weighted by Crippen LogP contribution is -2.71. The molecule has 14 heteroatoms. The first-order valence-electron chi connectivity index (χ1n) is 12.9. The summed E-state index contributed by atoms with van der Waals surface area (Å²) in [6.07, 6.45) is 2.80. The number of hydrogen-bond donors (Lipinski definition) is 3. The summed E-state index contributed by atoms with van der Waals surface area (Å²) in [5.41, 5.74) is 3.79. The molecular formula is C27H24F2N3O7PS. The monoisotopic (exact) mass is 603 g/mol. The first kappa shape index (κ1) is 26.7. The summed E-state index contributed by atoms with van der Waals surface area (Å²) in [6.45, 7) is -0.877. The number of hydrogen-bond acceptors (Lipinski definition) is 7. The number of carbonyl (C=O) groups excluding carboxylic acids is 1. The molecule has 3 fully saturated rings. The van der Waals surface area contributed by atoms with Crippen molar-refractivity contribution in [3.63, 3.8) is 0 Å². The van der Waals surface area contributed by atoms with Crippen LogP contribution in [0.5, 0.6) is 5.75 Å². The van der Waals surface area contributed by atoms with Gasteiger partial charge in [-0.3, -0.25) is 9.59 Å². The van der Waals surface area contributed by atoms with Crippen molar-refractivity contribution in [2.75, 3.05) is 18.9 Å². The molecule has 3 aromatic rings. The van der Waals surface area contributed by atoms with Gasteiger partial charge in [-0.15, -0.1) is 11.8 Å². The Labute approximate surface area is 236 Å². The fourth-order valence-corrected chi connectivity index (χ4v) is 7.65. The SMILES string of the molecule is O=C1c2c(OCOP(=O)(O)O)c(=O)cc(-c3cc(F)c(F)c4c3Cc3ccccc3SC4)n2NCN1C12CC(C1)C2. The van der Waals surface area contributed by atoms with Crippen molar-refractivity contribution >= 4 is 25.5 Å². The van der Waals surface area contributed by atoms with E-state index in [2.05, 4.69) is 9.95 Å². The number of halogens is 2. The third-order valence-corrected chi connectivity index (χ3v) is 10.0. The van der Waals surface area contributed by atoms with E-state index in [1.165, 1.54) is 16.4 Å². The molecule has 3 N–H and O–H groups in total. The van der Waals surface area contributed by atoms with E-state index in [9.17, 15) is 14.2 Å². The number of ether oxygens (including phenoxy) is 1. The van der Waals surface area contributed by atoms with Crippen LogP contribution < -0.4 is 15.6 Å². The summed E-state index contributed by atoms with van der Waals surface area (Å²) in [7, 11) is -4.93. The van der Waals surface area contributed by atoms with Crippen LogP contribution in [0.15, 0.2) is 46.1 Å². The summed E-state index contributed by atoms with van der Waals surface area (Å²) in [5.74, 6) is -2.29. The average Bonchev–Trinajstić information content (AvgIpc) is 3.06. The second-order valence-corrected chi connectivity index (χ2v) is 13.0. The summed E-state index contributed by atoms with van der Waals surface area (Å²) in [4.78, 5) is 48.1. The number of carbonyl (C=O) groups is 1. The minimum atomic E-state index is -4.93. The van der Waals surface area contributed by atoms with Crippen molar-refractivity contribution in [1.29, 1.82) is 0 Å². The number of rotatable bonds is 6. The number of thioether (sulfide) groups is 1. The van der Waals surface area contributed by atoms with E-state index in [1.807, 2.05) is 24.3 Å². The molecule has 0 atom stereocenters. The zero-order valence-electron chi connectivity index (χ0n) is 21.4. The number of benzene rings is 2. The second-order valence-electron chi connectivity index (χ2n) is 10.8.